The first-order valence-corrected chi connectivity index (χ1v) is 11.1. The van der Waals surface area contributed by atoms with E-state index in [1.54, 1.807) is 13.2 Å². The Hall–Kier alpha value is -1.96. The number of thiazole rings is 1. The fourth-order valence-corrected chi connectivity index (χ4v) is 4.80. The van der Waals surface area contributed by atoms with E-state index in [0.29, 0.717) is 24.4 Å². The molecule has 7 heteroatoms. The minimum Gasteiger partial charge on any atom is -0.383 e. The molecule has 1 heterocycles. The van der Waals surface area contributed by atoms with Gasteiger partial charge in [0.1, 0.15) is 5.82 Å². The van der Waals surface area contributed by atoms with Gasteiger partial charge in [-0.05, 0) is 35.9 Å². The molecule has 0 radical (unpaired) electrons. The highest BCUT2D eigenvalue weighted by Crippen LogP contribution is 2.19. The number of benzene rings is 2. The topological polar surface area (TPSA) is 43.6 Å². The molecule has 1 aromatic heterocycles. The Kier molecular flexibility index (Phi) is 7.82. The minimum atomic E-state index is -0.291. The van der Waals surface area contributed by atoms with E-state index in [9.17, 15) is 9.18 Å². The van der Waals surface area contributed by atoms with Crippen molar-refractivity contribution < 1.29 is 13.9 Å². The van der Waals surface area contributed by atoms with Crippen LogP contribution in [-0.4, -0.2) is 29.9 Å². The van der Waals surface area contributed by atoms with Gasteiger partial charge in [0.15, 0.2) is 4.80 Å². The summed E-state index contributed by atoms with van der Waals surface area (Å²) >= 11 is 3.15. The molecule has 3 rings (SSSR count). The Morgan fingerprint density at radius 1 is 1.25 bits per heavy atom. The van der Waals surface area contributed by atoms with E-state index in [0.717, 1.165) is 28.1 Å². The van der Waals surface area contributed by atoms with Crippen LogP contribution in [0.1, 0.15) is 18.4 Å². The second-order valence-corrected chi connectivity index (χ2v) is 8.40. The average Bonchev–Trinajstić information content (AvgIpc) is 3.02. The lowest BCUT2D eigenvalue weighted by molar-refractivity contribution is -0.118. The highest BCUT2D eigenvalue weighted by Gasteiger charge is 2.09. The number of ether oxygens (including phenoxy) is 1. The lowest BCUT2D eigenvalue weighted by atomic mass is 10.2. The number of hydrogen-bond acceptors (Lipinski definition) is 4. The highest BCUT2D eigenvalue weighted by molar-refractivity contribution is 7.98. The van der Waals surface area contributed by atoms with Gasteiger partial charge < -0.3 is 9.30 Å². The molecule has 0 unspecified atom stereocenters. The number of amides is 1. The number of rotatable bonds is 9. The third kappa shape index (κ3) is 5.77. The molecule has 2 aromatic carbocycles. The Morgan fingerprint density at radius 2 is 2.07 bits per heavy atom. The predicted molar refractivity (Wildman–Crippen MR) is 114 cm³/mol. The summed E-state index contributed by atoms with van der Waals surface area (Å²) in [5, 5.41) is 0. The lowest BCUT2D eigenvalue weighted by Crippen LogP contribution is -2.19. The summed E-state index contributed by atoms with van der Waals surface area (Å²) in [4.78, 5) is 17.2. The van der Waals surface area contributed by atoms with Crippen molar-refractivity contribution >= 4 is 39.2 Å². The molecule has 0 aliphatic rings. The number of thioether (sulfide) groups is 1. The van der Waals surface area contributed by atoms with E-state index < -0.39 is 0 Å². The normalized spacial score (nSPS) is 12.0. The molecule has 0 atom stereocenters. The minimum absolute atomic E-state index is 0.140. The van der Waals surface area contributed by atoms with E-state index >= 15 is 0 Å². The molecular weight excluding hydrogens is 395 g/mol. The average molecular weight is 419 g/mol. The summed E-state index contributed by atoms with van der Waals surface area (Å²) in [7, 11) is 1.63. The summed E-state index contributed by atoms with van der Waals surface area (Å²) in [6.07, 6.45) is 1.20. The summed E-state index contributed by atoms with van der Waals surface area (Å²) in [5.74, 6) is 1.43. The molecule has 28 heavy (non-hydrogen) atoms. The highest BCUT2D eigenvalue weighted by atomic mass is 32.2. The Balaban J connectivity index is 1.61. The second-order valence-electron chi connectivity index (χ2n) is 6.29. The van der Waals surface area contributed by atoms with Gasteiger partial charge in [-0.25, -0.2) is 4.39 Å². The lowest BCUT2D eigenvalue weighted by Gasteiger charge is -2.04. The largest absolute Gasteiger partial charge is 0.383 e. The molecule has 3 aromatic rings. The zero-order valence-electron chi connectivity index (χ0n) is 15.8. The number of carbonyl (C=O) groups is 1. The van der Waals surface area contributed by atoms with Crippen molar-refractivity contribution in [2.24, 2.45) is 4.99 Å². The van der Waals surface area contributed by atoms with Gasteiger partial charge in [0.2, 0.25) is 5.91 Å². The zero-order chi connectivity index (χ0) is 19.8. The van der Waals surface area contributed by atoms with Crippen molar-refractivity contribution in [2.45, 2.75) is 25.1 Å². The van der Waals surface area contributed by atoms with Crippen LogP contribution in [0.15, 0.2) is 53.5 Å². The molecule has 1 amide bonds. The maximum Gasteiger partial charge on any atom is 0.248 e. The predicted octanol–water partition coefficient (Wildman–Crippen LogP) is 4.63. The van der Waals surface area contributed by atoms with Crippen LogP contribution < -0.4 is 4.80 Å². The van der Waals surface area contributed by atoms with Crippen LogP contribution in [0.2, 0.25) is 0 Å². The molecule has 0 aliphatic carbocycles. The number of nitrogens with zero attached hydrogens (tertiary/aromatic N) is 2. The van der Waals surface area contributed by atoms with Gasteiger partial charge in [-0.3, -0.25) is 4.79 Å². The van der Waals surface area contributed by atoms with Gasteiger partial charge in [0.05, 0.1) is 16.8 Å². The Labute approximate surface area is 172 Å². The molecular formula is C21H23FN2O2S2. The molecule has 0 saturated carbocycles. The standard InChI is InChI=1S/C21H23FN2O2S2/c1-26-12-11-24-18-10-9-17(22)14-19(18)28-21(24)23-20(25)8-5-13-27-15-16-6-3-2-4-7-16/h2-4,6-7,9-10,14H,5,8,11-13,15H2,1H3. The van der Waals surface area contributed by atoms with E-state index in [1.165, 1.54) is 29.0 Å². The van der Waals surface area contributed by atoms with Crippen molar-refractivity contribution in [1.29, 1.82) is 0 Å². The third-order valence-corrected chi connectivity index (χ3v) is 6.33. The molecule has 0 fully saturated rings. The van der Waals surface area contributed by atoms with Crippen molar-refractivity contribution in [3.05, 3.63) is 64.7 Å². The molecule has 148 valence electrons. The van der Waals surface area contributed by atoms with E-state index in [-0.39, 0.29) is 11.7 Å². The number of halogens is 1. The third-order valence-electron chi connectivity index (χ3n) is 4.18. The van der Waals surface area contributed by atoms with Crippen LogP contribution in [0.3, 0.4) is 0 Å². The summed E-state index contributed by atoms with van der Waals surface area (Å²) in [6, 6.07) is 14.9. The van der Waals surface area contributed by atoms with Crippen LogP contribution in [-0.2, 0) is 21.8 Å². The smallest absolute Gasteiger partial charge is 0.248 e. The maximum atomic E-state index is 13.5. The fraction of sp³-hybridized carbons (Fsp3) is 0.333. The number of fused-ring (bicyclic) bond motifs is 1. The maximum absolute atomic E-state index is 13.5. The van der Waals surface area contributed by atoms with Gasteiger partial charge in [-0.1, -0.05) is 41.7 Å². The molecule has 4 nitrogen and oxygen atoms in total. The Morgan fingerprint density at radius 3 is 2.86 bits per heavy atom. The van der Waals surface area contributed by atoms with Gasteiger partial charge in [-0.2, -0.15) is 16.8 Å². The zero-order valence-corrected chi connectivity index (χ0v) is 17.4. The first-order valence-electron chi connectivity index (χ1n) is 9.14. The monoisotopic (exact) mass is 418 g/mol. The van der Waals surface area contributed by atoms with Crippen molar-refractivity contribution in [2.75, 3.05) is 19.5 Å². The quantitative estimate of drug-likeness (QED) is 0.476. The van der Waals surface area contributed by atoms with Gasteiger partial charge in [0, 0.05) is 25.8 Å². The van der Waals surface area contributed by atoms with Gasteiger partial charge in [-0.15, -0.1) is 0 Å². The van der Waals surface area contributed by atoms with Crippen LogP contribution in [0.5, 0.6) is 0 Å². The number of aromatic nitrogens is 1. The summed E-state index contributed by atoms with van der Waals surface area (Å²) in [6.45, 7) is 1.07. The first kappa shape index (κ1) is 20.8. The van der Waals surface area contributed by atoms with E-state index in [4.69, 9.17) is 4.74 Å². The van der Waals surface area contributed by atoms with Crippen LogP contribution >= 0.6 is 23.1 Å². The molecule has 0 saturated heterocycles. The number of methoxy groups -OCH3 is 1. The Bertz CT molecular complexity index is 983. The summed E-state index contributed by atoms with van der Waals surface area (Å²) < 4.78 is 21.4. The SMILES string of the molecule is COCCn1c(=NC(=O)CCCSCc2ccccc2)sc2cc(F)ccc21. The van der Waals surface area contributed by atoms with Crippen LogP contribution in [0.25, 0.3) is 10.2 Å². The van der Waals surface area contributed by atoms with Crippen LogP contribution in [0, 0.1) is 5.82 Å². The van der Waals surface area contributed by atoms with E-state index in [1.807, 2.05) is 34.5 Å². The molecule has 0 spiro atoms. The second kappa shape index (κ2) is 10.5. The van der Waals surface area contributed by atoms with Crippen molar-refractivity contribution in [3.63, 3.8) is 0 Å². The fourth-order valence-electron chi connectivity index (χ4n) is 2.78. The van der Waals surface area contributed by atoms with Gasteiger partial charge >= 0.3 is 0 Å². The van der Waals surface area contributed by atoms with Gasteiger partial charge in [0.25, 0.3) is 0 Å². The van der Waals surface area contributed by atoms with E-state index in [2.05, 4.69) is 17.1 Å². The number of carbonyl (C=O) groups excluding carboxylic acids is 1. The van der Waals surface area contributed by atoms with Crippen molar-refractivity contribution in [3.8, 4) is 0 Å². The summed E-state index contributed by atoms with van der Waals surface area (Å²) in [5.41, 5.74) is 2.16. The number of hydrogen-bond donors (Lipinski definition) is 0. The van der Waals surface area contributed by atoms with Crippen LogP contribution in [0.4, 0.5) is 4.39 Å². The molecule has 0 N–H and O–H groups in total. The molecule has 0 bridgehead atoms. The van der Waals surface area contributed by atoms with Crippen molar-refractivity contribution in [1.82, 2.24) is 4.57 Å². The first-order chi connectivity index (χ1) is 13.7. The molecule has 0 aliphatic heterocycles.